The van der Waals surface area contributed by atoms with Gasteiger partial charge in [-0.2, -0.15) is 0 Å². The predicted octanol–water partition coefficient (Wildman–Crippen LogP) is 2.01. The Labute approximate surface area is 134 Å². The third-order valence-electron chi connectivity index (χ3n) is 4.10. The average Bonchev–Trinajstić information content (AvgIpc) is 2.90. The molecule has 0 saturated carbocycles. The van der Waals surface area contributed by atoms with Crippen LogP contribution in [0.3, 0.4) is 0 Å². The van der Waals surface area contributed by atoms with E-state index in [0.717, 1.165) is 11.3 Å². The van der Waals surface area contributed by atoms with Crippen molar-refractivity contribution in [2.45, 2.75) is 37.5 Å². The fraction of sp³-hybridized carbons (Fsp3) is 0.562. The summed E-state index contributed by atoms with van der Waals surface area (Å²) >= 11 is 0. The summed E-state index contributed by atoms with van der Waals surface area (Å²) in [5.41, 5.74) is 1.14. The first-order valence-electron chi connectivity index (χ1n) is 7.57. The second kappa shape index (κ2) is 7.63. The van der Waals surface area contributed by atoms with E-state index in [1.54, 1.807) is 6.26 Å². The maximum Gasteiger partial charge on any atom is 0.315 e. The molecule has 122 valence electrons. The number of hydrogen-bond acceptors (Lipinski definition) is 3. The third-order valence-corrected chi connectivity index (χ3v) is 5.47. The number of ether oxygens (including phenoxy) is 1. The van der Waals surface area contributed by atoms with Gasteiger partial charge in [-0.1, -0.05) is 25.1 Å². The van der Waals surface area contributed by atoms with Crippen molar-refractivity contribution in [1.82, 2.24) is 10.6 Å². The van der Waals surface area contributed by atoms with Crippen LogP contribution in [-0.2, 0) is 10.8 Å². The van der Waals surface area contributed by atoms with Crippen LogP contribution in [-0.4, -0.2) is 40.9 Å². The molecule has 22 heavy (non-hydrogen) atoms. The van der Waals surface area contributed by atoms with Crippen molar-refractivity contribution >= 4 is 16.8 Å². The second-order valence-corrected chi connectivity index (χ2v) is 7.54. The van der Waals surface area contributed by atoms with Crippen molar-refractivity contribution in [1.29, 1.82) is 0 Å². The highest BCUT2D eigenvalue weighted by molar-refractivity contribution is 7.84. The van der Waals surface area contributed by atoms with Crippen LogP contribution >= 0.6 is 0 Å². The summed E-state index contributed by atoms with van der Waals surface area (Å²) in [6.45, 7) is 5.02. The van der Waals surface area contributed by atoms with Gasteiger partial charge in [0, 0.05) is 46.4 Å². The monoisotopic (exact) mass is 324 g/mol. The topological polar surface area (TPSA) is 67.4 Å². The van der Waals surface area contributed by atoms with Crippen LogP contribution in [0.2, 0.25) is 0 Å². The Morgan fingerprint density at radius 2 is 2.14 bits per heavy atom. The van der Waals surface area contributed by atoms with Gasteiger partial charge in [-0.25, -0.2) is 4.79 Å². The Morgan fingerprint density at radius 1 is 1.41 bits per heavy atom. The molecule has 4 atom stereocenters. The summed E-state index contributed by atoms with van der Waals surface area (Å²) in [5, 5.41) is 5.87. The standard InChI is InChI=1S/C16H24N2O3S/c1-11(22(3)20)8-9-17-16(19)18-12(2)14-10-21-15-7-5-4-6-13(14)15/h4-7,11-12,14H,8-10H2,1-3H3,(H2,17,18,19)/t11-,12-,14+,22-/m0/s1. The van der Waals surface area contributed by atoms with E-state index in [-0.39, 0.29) is 23.2 Å². The van der Waals surface area contributed by atoms with Gasteiger partial charge in [0.25, 0.3) is 0 Å². The van der Waals surface area contributed by atoms with Gasteiger partial charge in [0.15, 0.2) is 0 Å². The molecule has 0 bridgehead atoms. The lowest BCUT2D eigenvalue weighted by molar-refractivity contribution is 0.233. The third kappa shape index (κ3) is 4.22. The minimum absolute atomic E-state index is 0.0126. The van der Waals surface area contributed by atoms with Gasteiger partial charge in [-0.15, -0.1) is 0 Å². The molecular formula is C16H24N2O3S. The van der Waals surface area contributed by atoms with Crippen LogP contribution in [0, 0.1) is 0 Å². The molecule has 1 aliphatic heterocycles. The molecule has 0 unspecified atom stereocenters. The van der Waals surface area contributed by atoms with E-state index >= 15 is 0 Å². The smallest absolute Gasteiger partial charge is 0.315 e. The number of rotatable bonds is 6. The number of hydrogen-bond donors (Lipinski definition) is 2. The number of carbonyl (C=O) groups is 1. The molecule has 2 rings (SSSR count). The zero-order chi connectivity index (χ0) is 16.1. The fourth-order valence-corrected chi connectivity index (χ4v) is 2.96. The zero-order valence-electron chi connectivity index (χ0n) is 13.3. The second-order valence-electron chi connectivity index (χ2n) is 5.74. The summed E-state index contributed by atoms with van der Waals surface area (Å²) in [6.07, 6.45) is 2.39. The molecule has 2 amide bonds. The van der Waals surface area contributed by atoms with Gasteiger partial charge in [0.1, 0.15) is 5.75 Å². The van der Waals surface area contributed by atoms with Gasteiger partial charge < -0.3 is 15.4 Å². The number of carbonyl (C=O) groups excluding carboxylic acids is 1. The summed E-state index contributed by atoms with van der Waals surface area (Å²) in [6, 6.07) is 7.73. The molecule has 1 aromatic rings. The normalized spacial score (nSPS) is 20.4. The Hall–Kier alpha value is -1.56. The summed E-state index contributed by atoms with van der Waals surface area (Å²) in [5.74, 6) is 1.07. The van der Waals surface area contributed by atoms with Gasteiger partial charge in [0.2, 0.25) is 0 Å². The molecule has 1 heterocycles. The molecule has 0 aromatic heterocycles. The molecule has 0 aliphatic carbocycles. The maximum atomic E-state index is 11.9. The molecule has 0 saturated heterocycles. The molecule has 6 heteroatoms. The summed E-state index contributed by atoms with van der Waals surface area (Å²) in [4.78, 5) is 11.9. The number of benzene rings is 1. The highest BCUT2D eigenvalue weighted by Gasteiger charge is 2.29. The van der Waals surface area contributed by atoms with Gasteiger partial charge in [-0.3, -0.25) is 4.21 Å². The Balaban J connectivity index is 1.79. The van der Waals surface area contributed by atoms with E-state index in [1.807, 2.05) is 38.1 Å². The van der Waals surface area contributed by atoms with E-state index in [9.17, 15) is 9.00 Å². The lowest BCUT2D eigenvalue weighted by Crippen LogP contribution is -2.44. The Morgan fingerprint density at radius 3 is 2.86 bits per heavy atom. The van der Waals surface area contributed by atoms with Crippen LogP contribution in [0.25, 0.3) is 0 Å². The summed E-state index contributed by atoms with van der Waals surface area (Å²) < 4.78 is 16.9. The van der Waals surface area contributed by atoms with Crippen molar-refractivity contribution in [3.8, 4) is 5.75 Å². The number of nitrogens with one attached hydrogen (secondary N) is 2. The average molecular weight is 324 g/mol. The largest absolute Gasteiger partial charge is 0.493 e. The SMILES string of the molecule is C[C@H](NC(=O)NCC[C@H](C)[S@](C)=O)[C@H]1COc2ccccc21. The van der Waals surface area contributed by atoms with Crippen LogP contribution in [0.1, 0.15) is 31.7 Å². The lowest BCUT2D eigenvalue weighted by Gasteiger charge is -2.20. The minimum atomic E-state index is -0.851. The zero-order valence-corrected chi connectivity index (χ0v) is 14.1. The number of para-hydroxylation sites is 1. The Kier molecular flexibility index (Phi) is 5.83. The van der Waals surface area contributed by atoms with E-state index in [4.69, 9.17) is 4.74 Å². The van der Waals surface area contributed by atoms with Crippen LogP contribution < -0.4 is 15.4 Å². The highest BCUT2D eigenvalue weighted by atomic mass is 32.2. The lowest BCUT2D eigenvalue weighted by atomic mass is 9.94. The summed E-state index contributed by atoms with van der Waals surface area (Å²) in [7, 11) is -0.851. The quantitative estimate of drug-likeness (QED) is 0.841. The predicted molar refractivity (Wildman–Crippen MR) is 88.8 cm³/mol. The molecule has 0 radical (unpaired) electrons. The maximum absolute atomic E-state index is 11.9. The Bertz CT molecular complexity index is 550. The van der Waals surface area contributed by atoms with Crippen molar-refractivity contribution in [3.05, 3.63) is 29.8 Å². The van der Waals surface area contributed by atoms with E-state index in [1.165, 1.54) is 0 Å². The molecule has 0 spiro atoms. The fourth-order valence-electron chi connectivity index (χ4n) is 2.51. The van der Waals surface area contributed by atoms with Crippen molar-refractivity contribution < 1.29 is 13.7 Å². The van der Waals surface area contributed by atoms with Gasteiger partial charge >= 0.3 is 6.03 Å². The molecular weight excluding hydrogens is 300 g/mol. The first-order chi connectivity index (χ1) is 10.5. The molecule has 1 aliphatic rings. The van der Waals surface area contributed by atoms with Crippen LogP contribution in [0.15, 0.2) is 24.3 Å². The van der Waals surface area contributed by atoms with Gasteiger partial charge in [0.05, 0.1) is 6.61 Å². The number of fused-ring (bicyclic) bond motifs is 1. The highest BCUT2D eigenvalue weighted by Crippen LogP contribution is 2.35. The van der Waals surface area contributed by atoms with Crippen molar-refractivity contribution in [2.24, 2.45) is 0 Å². The molecule has 5 nitrogen and oxygen atoms in total. The van der Waals surface area contributed by atoms with E-state index in [2.05, 4.69) is 10.6 Å². The molecule has 2 N–H and O–H groups in total. The van der Waals surface area contributed by atoms with Gasteiger partial charge in [-0.05, 0) is 19.4 Å². The number of urea groups is 1. The first kappa shape index (κ1) is 16.8. The van der Waals surface area contributed by atoms with Crippen LogP contribution in [0.5, 0.6) is 5.75 Å². The van der Waals surface area contributed by atoms with E-state index in [0.29, 0.717) is 19.6 Å². The minimum Gasteiger partial charge on any atom is -0.493 e. The first-order valence-corrected chi connectivity index (χ1v) is 9.19. The van der Waals surface area contributed by atoms with Crippen molar-refractivity contribution in [3.63, 3.8) is 0 Å². The van der Waals surface area contributed by atoms with Crippen LogP contribution in [0.4, 0.5) is 4.79 Å². The number of amides is 2. The molecule has 1 aromatic carbocycles. The van der Waals surface area contributed by atoms with E-state index < -0.39 is 10.8 Å². The molecule has 0 fully saturated rings. The van der Waals surface area contributed by atoms with Crippen molar-refractivity contribution in [2.75, 3.05) is 19.4 Å².